The lowest BCUT2D eigenvalue weighted by molar-refractivity contribution is -0.119. The summed E-state index contributed by atoms with van der Waals surface area (Å²) in [7, 11) is 0. The van der Waals surface area contributed by atoms with E-state index >= 15 is 0 Å². The number of amides is 1. The Balaban J connectivity index is 3.34. The molecule has 0 aromatic rings. The topological polar surface area (TPSA) is 102 Å². The Labute approximate surface area is 88.6 Å². The number of rotatable bonds is 8. The lowest BCUT2D eigenvalue weighted by atomic mass is 10.1. The predicted octanol–water partition coefficient (Wildman–Crippen LogP) is -0.0444. The van der Waals surface area contributed by atoms with E-state index in [4.69, 9.17) is 5.73 Å². The molecular formula is C9H17N3O3. The van der Waals surface area contributed by atoms with Gasteiger partial charge in [-0.25, -0.2) is 0 Å². The summed E-state index contributed by atoms with van der Waals surface area (Å²) < 4.78 is 0. The molecule has 0 aromatic heterocycles. The maximum Gasteiger partial charge on any atom is 0.302 e. The molecule has 0 aliphatic carbocycles. The highest BCUT2D eigenvalue weighted by molar-refractivity contribution is 5.81. The van der Waals surface area contributed by atoms with E-state index in [1.54, 1.807) is 0 Å². The number of nitrogens with two attached hydrogens (primary N) is 1. The summed E-state index contributed by atoms with van der Waals surface area (Å²) in [5, 5.41) is 5.19. The molecule has 1 atom stereocenters. The SMILES string of the molecule is CC(=O)CNCCCCC(N)C(=O)N=O. The minimum atomic E-state index is -0.799. The number of carbonyl (C=O) groups excluding carboxylic acids is 2. The molecule has 0 aliphatic rings. The number of nitrogens with one attached hydrogen (secondary N) is 1. The highest BCUT2D eigenvalue weighted by Gasteiger charge is 2.12. The Bertz CT molecular complexity index is 231. The highest BCUT2D eigenvalue weighted by Crippen LogP contribution is 1.99. The molecule has 0 fully saturated rings. The average molecular weight is 215 g/mol. The molecule has 0 saturated carbocycles. The van der Waals surface area contributed by atoms with E-state index in [-0.39, 0.29) is 5.78 Å². The summed E-state index contributed by atoms with van der Waals surface area (Å²) in [6.07, 6.45) is 1.99. The van der Waals surface area contributed by atoms with Crippen LogP contribution in [0.25, 0.3) is 0 Å². The standard InChI is InChI=1S/C9H17N3O3/c1-7(13)6-11-5-3-2-4-8(10)9(14)12-15/h8,11H,2-6,10H2,1H3. The maximum atomic E-state index is 10.7. The van der Waals surface area contributed by atoms with Crippen LogP contribution in [-0.2, 0) is 9.59 Å². The molecule has 0 aromatic carbocycles. The minimum absolute atomic E-state index is 0.0898. The van der Waals surface area contributed by atoms with E-state index in [0.29, 0.717) is 19.5 Å². The number of carbonyl (C=O) groups is 2. The van der Waals surface area contributed by atoms with Crippen LogP contribution >= 0.6 is 0 Å². The van der Waals surface area contributed by atoms with Crippen molar-refractivity contribution >= 4 is 11.7 Å². The first-order valence-electron chi connectivity index (χ1n) is 4.91. The fraction of sp³-hybridized carbons (Fsp3) is 0.778. The van der Waals surface area contributed by atoms with Crippen molar-refractivity contribution < 1.29 is 9.59 Å². The number of nitrogens with zero attached hydrogens (tertiary/aromatic N) is 1. The van der Waals surface area contributed by atoms with Gasteiger partial charge in [0.2, 0.25) is 0 Å². The molecule has 15 heavy (non-hydrogen) atoms. The van der Waals surface area contributed by atoms with Gasteiger partial charge in [-0.2, -0.15) is 0 Å². The third-order valence-corrected chi connectivity index (χ3v) is 1.90. The largest absolute Gasteiger partial charge is 0.320 e. The van der Waals surface area contributed by atoms with Gasteiger partial charge < -0.3 is 11.1 Å². The van der Waals surface area contributed by atoms with E-state index in [2.05, 4.69) is 10.5 Å². The van der Waals surface area contributed by atoms with Crippen molar-refractivity contribution in [1.82, 2.24) is 5.32 Å². The number of nitroso groups, excluding NO2 is 1. The van der Waals surface area contributed by atoms with E-state index in [1.165, 1.54) is 6.92 Å². The Morgan fingerprint density at radius 1 is 1.40 bits per heavy atom. The van der Waals surface area contributed by atoms with Gasteiger partial charge in [0.1, 0.15) is 5.78 Å². The summed E-state index contributed by atoms with van der Waals surface area (Å²) in [5.74, 6) is -0.710. The van der Waals surface area contributed by atoms with Crippen molar-refractivity contribution in [3.8, 4) is 0 Å². The normalized spacial score (nSPS) is 12.1. The van der Waals surface area contributed by atoms with Gasteiger partial charge in [0.05, 0.1) is 12.6 Å². The second kappa shape index (κ2) is 8.19. The molecule has 1 amide bonds. The van der Waals surface area contributed by atoms with Crippen LogP contribution in [0, 0.1) is 4.91 Å². The van der Waals surface area contributed by atoms with Crippen molar-refractivity contribution in [3.05, 3.63) is 4.91 Å². The summed E-state index contributed by atoms with van der Waals surface area (Å²) in [5.41, 5.74) is 5.37. The van der Waals surface area contributed by atoms with Gasteiger partial charge in [0.25, 0.3) is 0 Å². The van der Waals surface area contributed by atoms with E-state index < -0.39 is 11.9 Å². The number of hydrogen-bond acceptors (Lipinski definition) is 5. The first-order chi connectivity index (χ1) is 7.07. The van der Waals surface area contributed by atoms with Gasteiger partial charge in [0, 0.05) is 5.18 Å². The quantitative estimate of drug-likeness (QED) is 0.437. The molecule has 0 bridgehead atoms. The van der Waals surface area contributed by atoms with Gasteiger partial charge in [-0.05, 0) is 26.3 Å². The van der Waals surface area contributed by atoms with Crippen molar-refractivity contribution in [1.29, 1.82) is 0 Å². The van der Waals surface area contributed by atoms with Gasteiger partial charge in [0.15, 0.2) is 0 Å². The molecule has 0 rings (SSSR count). The molecule has 0 aliphatic heterocycles. The number of unbranched alkanes of at least 4 members (excludes halogenated alkanes) is 1. The number of Topliss-reactive ketones (excluding diaryl/α,β-unsaturated/α-hetero) is 1. The van der Waals surface area contributed by atoms with E-state index in [9.17, 15) is 14.5 Å². The van der Waals surface area contributed by atoms with Crippen LogP contribution < -0.4 is 11.1 Å². The molecule has 6 heteroatoms. The Hall–Kier alpha value is -1.14. The monoisotopic (exact) mass is 215 g/mol. The predicted molar refractivity (Wildman–Crippen MR) is 56.2 cm³/mol. The Morgan fingerprint density at radius 3 is 2.60 bits per heavy atom. The molecule has 0 heterocycles. The van der Waals surface area contributed by atoms with Crippen molar-refractivity contribution in [2.24, 2.45) is 10.9 Å². The number of hydrogen-bond donors (Lipinski definition) is 2. The maximum absolute atomic E-state index is 10.7. The molecule has 3 N–H and O–H groups in total. The van der Waals surface area contributed by atoms with Crippen LogP contribution in [0.3, 0.4) is 0 Å². The zero-order valence-corrected chi connectivity index (χ0v) is 8.86. The molecule has 0 radical (unpaired) electrons. The van der Waals surface area contributed by atoms with Crippen LogP contribution in [0.15, 0.2) is 5.18 Å². The molecule has 1 unspecified atom stereocenters. The van der Waals surface area contributed by atoms with Gasteiger partial charge in [-0.15, -0.1) is 4.91 Å². The molecule has 0 saturated heterocycles. The second-order valence-electron chi connectivity index (χ2n) is 3.41. The molecule has 6 nitrogen and oxygen atoms in total. The lowest BCUT2D eigenvalue weighted by Gasteiger charge is -2.05. The van der Waals surface area contributed by atoms with Crippen LogP contribution in [-0.4, -0.2) is 30.8 Å². The fourth-order valence-corrected chi connectivity index (χ4v) is 1.07. The van der Waals surface area contributed by atoms with Crippen molar-refractivity contribution in [3.63, 3.8) is 0 Å². The second-order valence-corrected chi connectivity index (χ2v) is 3.41. The first-order valence-corrected chi connectivity index (χ1v) is 4.91. The summed E-state index contributed by atoms with van der Waals surface area (Å²) in [4.78, 5) is 31.0. The van der Waals surface area contributed by atoms with Crippen LogP contribution in [0.1, 0.15) is 26.2 Å². The average Bonchev–Trinajstić information content (AvgIpc) is 2.21. The smallest absolute Gasteiger partial charge is 0.302 e. The van der Waals surface area contributed by atoms with Gasteiger partial charge in [-0.3, -0.25) is 9.59 Å². The lowest BCUT2D eigenvalue weighted by Crippen LogP contribution is -2.29. The molecule has 86 valence electrons. The zero-order valence-electron chi connectivity index (χ0n) is 8.86. The van der Waals surface area contributed by atoms with Crippen molar-refractivity contribution in [2.75, 3.05) is 13.1 Å². The summed E-state index contributed by atoms with van der Waals surface area (Å²) in [6.45, 7) is 2.58. The Morgan fingerprint density at radius 2 is 2.07 bits per heavy atom. The molecule has 0 spiro atoms. The highest BCUT2D eigenvalue weighted by atomic mass is 16.3. The minimum Gasteiger partial charge on any atom is -0.320 e. The zero-order chi connectivity index (χ0) is 11.7. The third-order valence-electron chi connectivity index (χ3n) is 1.90. The Kier molecular flexibility index (Phi) is 7.57. The first kappa shape index (κ1) is 13.9. The van der Waals surface area contributed by atoms with Crippen LogP contribution in [0.5, 0.6) is 0 Å². The number of ketones is 1. The van der Waals surface area contributed by atoms with Crippen LogP contribution in [0.4, 0.5) is 0 Å². The molecular weight excluding hydrogens is 198 g/mol. The van der Waals surface area contributed by atoms with Gasteiger partial charge in [-0.1, -0.05) is 6.42 Å². The summed E-state index contributed by atoms with van der Waals surface area (Å²) in [6, 6.07) is -0.782. The van der Waals surface area contributed by atoms with Crippen LogP contribution in [0.2, 0.25) is 0 Å². The van der Waals surface area contributed by atoms with Crippen molar-refractivity contribution in [2.45, 2.75) is 32.2 Å². The van der Waals surface area contributed by atoms with E-state index in [0.717, 1.165) is 12.8 Å². The van der Waals surface area contributed by atoms with E-state index in [1.807, 2.05) is 0 Å². The van der Waals surface area contributed by atoms with Gasteiger partial charge >= 0.3 is 5.91 Å². The third kappa shape index (κ3) is 7.90. The summed E-state index contributed by atoms with van der Waals surface area (Å²) >= 11 is 0. The fourth-order valence-electron chi connectivity index (χ4n) is 1.07.